The van der Waals surface area contributed by atoms with Crippen LogP contribution in [0.5, 0.6) is 0 Å². The van der Waals surface area contributed by atoms with Crippen molar-refractivity contribution >= 4 is 6.03 Å². The molecule has 2 atom stereocenters. The summed E-state index contributed by atoms with van der Waals surface area (Å²) < 4.78 is 5.19. The maximum Gasteiger partial charge on any atom is 0.315 e. The molecule has 3 rings (SSSR count). The highest BCUT2D eigenvalue weighted by atomic mass is 16.5. The fourth-order valence-corrected chi connectivity index (χ4v) is 2.73. The fraction of sp³-hybridized carbons (Fsp3) is 0.471. The van der Waals surface area contributed by atoms with E-state index < -0.39 is 12.1 Å². The molecule has 1 heterocycles. The van der Waals surface area contributed by atoms with Gasteiger partial charge in [-0.3, -0.25) is 0 Å². The average molecular weight is 330 g/mol. The normalized spacial score (nSPS) is 19.8. The topological polar surface area (TPSA) is 100 Å². The van der Waals surface area contributed by atoms with E-state index in [-0.39, 0.29) is 18.0 Å². The van der Waals surface area contributed by atoms with Crippen LogP contribution in [0.1, 0.15) is 49.7 Å². The van der Waals surface area contributed by atoms with Crippen molar-refractivity contribution in [1.29, 1.82) is 0 Å². The van der Waals surface area contributed by atoms with Crippen molar-refractivity contribution in [2.75, 3.05) is 0 Å². The van der Waals surface area contributed by atoms with E-state index in [0.29, 0.717) is 18.1 Å². The molecule has 1 aromatic heterocycles. The molecule has 1 aliphatic rings. The molecule has 3 N–H and O–H groups in total. The van der Waals surface area contributed by atoms with Gasteiger partial charge in [-0.2, -0.15) is 4.98 Å². The number of aliphatic hydroxyl groups excluding tert-OH is 1. The number of hydrogen-bond acceptors (Lipinski definition) is 5. The quantitative estimate of drug-likeness (QED) is 0.797. The summed E-state index contributed by atoms with van der Waals surface area (Å²) in [6, 6.07) is 6.93. The van der Waals surface area contributed by atoms with Crippen molar-refractivity contribution in [1.82, 2.24) is 20.8 Å². The van der Waals surface area contributed by atoms with Crippen molar-refractivity contribution in [2.45, 2.75) is 51.3 Å². The van der Waals surface area contributed by atoms with Crippen LogP contribution < -0.4 is 10.6 Å². The molecule has 0 aliphatic heterocycles. The lowest BCUT2D eigenvalue weighted by Crippen LogP contribution is -2.40. The van der Waals surface area contributed by atoms with E-state index in [9.17, 15) is 9.90 Å². The number of aromatic nitrogens is 2. The number of benzene rings is 1. The lowest BCUT2D eigenvalue weighted by molar-refractivity contribution is 0.142. The first-order valence-corrected chi connectivity index (χ1v) is 7.98. The highest BCUT2D eigenvalue weighted by molar-refractivity contribution is 5.74. The van der Waals surface area contributed by atoms with Gasteiger partial charge in [-0.25, -0.2) is 4.79 Å². The molecule has 1 aliphatic carbocycles. The van der Waals surface area contributed by atoms with Crippen LogP contribution in [0.25, 0.3) is 0 Å². The number of aliphatic hydroxyl groups is 1. The molecule has 2 unspecified atom stereocenters. The van der Waals surface area contributed by atoms with Gasteiger partial charge in [0.1, 0.15) is 0 Å². The second-order valence-corrected chi connectivity index (χ2v) is 7.04. The molecule has 0 saturated heterocycles. The standard InChI is InChI=1S/C17H22N4O3/c1-17(2,3)15-19-13(21-24-15)9-18-16(23)20-14-11-7-5-4-6-10(11)8-12(14)22/h4-7,12,14,22H,8-9H2,1-3H3,(H2,18,20,23). The zero-order valence-corrected chi connectivity index (χ0v) is 14.0. The van der Waals surface area contributed by atoms with E-state index in [1.807, 2.05) is 45.0 Å². The minimum atomic E-state index is -0.620. The fourth-order valence-electron chi connectivity index (χ4n) is 2.73. The van der Waals surface area contributed by atoms with E-state index >= 15 is 0 Å². The highest BCUT2D eigenvalue weighted by Crippen LogP contribution is 2.31. The van der Waals surface area contributed by atoms with Gasteiger partial charge in [0.25, 0.3) is 0 Å². The van der Waals surface area contributed by atoms with E-state index in [1.165, 1.54) is 0 Å². The molecular formula is C17H22N4O3. The minimum Gasteiger partial charge on any atom is -0.390 e. The van der Waals surface area contributed by atoms with E-state index in [2.05, 4.69) is 20.8 Å². The van der Waals surface area contributed by atoms with E-state index in [1.54, 1.807) is 0 Å². The number of rotatable bonds is 3. The predicted octanol–water partition coefficient (Wildman–Crippen LogP) is 1.82. The molecule has 0 bridgehead atoms. The zero-order valence-electron chi connectivity index (χ0n) is 14.0. The van der Waals surface area contributed by atoms with Crippen LogP contribution in [0.4, 0.5) is 4.79 Å². The predicted molar refractivity (Wildman–Crippen MR) is 87.3 cm³/mol. The minimum absolute atomic E-state index is 0.163. The van der Waals surface area contributed by atoms with Gasteiger partial charge in [0.05, 0.1) is 18.7 Å². The summed E-state index contributed by atoms with van der Waals surface area (Å²) in [7, 11) is 0. The number of fused-ring (bicyclic) bond motifs is 1. The molecule has 1 aromatic carbocycles. The Balaban J connectivity index is 1.58. The Bertz CT molecular complexity index is 735. The number of nitrogens with one attached hydrogen (secondary N) is 2. The molecule has 2 aromatic rings. The summed E-state index contributed by atoms with van der Waals surface area (Å²) in [5, 5.41) is 19.5. The lowest BCUT2D eigenvalue weighted by atomic mass is 9.97. The third-order valence-electron chi connectivity index (χ3n) is 4.01. The van der Waals surface area contributed by atoms with Crippen LogP contribution in [-0.4, -0.2) is 27.4 Å². The molecule has 128 valence electrons. The smallest absolute Gasteiger partial charge is 0.315 e. The van der Waals surface area contributed by atoms with Crippen LogP contribution in [0.2, 0.25) is 0 Å². The summed E-state index contributed by atoms with van der Waals surface area (Å²) >= 11 is 0. The summed E-state index contributed by atoms with van der Waals surface area (Å²) in [5.74, 6) is 0.947. The third-order valence-corrected chi connectivity index (χ3v) is 4.01. The Labute approximate surface area is 140 Å². The first kappa shape index (κ1) is 16.4. The van der Waals surface area contributed by atoms with E-state index in [4.69, 9.17) is 4.52 Å². The van der Waals surface area contributed by atoms with Gasteiger partial charge in [-0.1, -0.05) is 50.2 Å². The third kappa shape index (κ3) is 3.41. The molecular weight excluding hydrogens is 308 g/mol. The Morgan fingerprint density at radius 1 is 1.38 bits per heavy atom. The van der Waals surface area contributed by atoms with Crippen LogP contribution in [0, 0.1) is 0 Å². The lowest BCUT2D eigenvalue weighted by Gasteiger charge is -2.18. The number of carbonyl (C=O) groups excluding carboxylic acids is 1. The maximum atomic E-state index is 12.1. The Hall–Kier alpha value is -2.41. The van der Waals surface area contributed by atoms with Gasteiger partial charge >= 0.3 is 6.03 Å². The van der Waals surface area contributed by atoms with Gasteiger partial charge in [0.15, 0.2) is 5.82 Å². The van der Waals surface area contributed by atoms with Crippen LogP contribution in [0.15, 0.2) is 28.8 Å². The Morgan fingerprint density at radius 3 is 2.83 bits per heavy atom. The molecule has 0 spiro atoms. The molecule has 7 nitrogen and oxygen atoms in total. The number of carbonyl (C=O) groups is 1. The first-order valence-electron chi connectivity index (χ1n) is 7.98. The second-order valence-electron chi connectivity index (χ2n) is 7.04. The second kappa shape index (κ2) is 6.24. The average Bonchev–Trinajstić information content (AvgIpc) is 3.11. The van der Waals surface area contributed by atoms with Gasteiger partial charge in [0.2, 0.25) is 5.89 Å². The monoisotopic (exact) mass is 330 g/mol. The van der Waals surface area contributed by atoms with Gasteiger partial charge in [-0.05, 0) is 11.1 Å². The number of urea groups is 1. The molecule has 0 fully saturated rings. The highest BCUT2D eigenvalue weighted by Gasteiger charge is 2.31. The van der Waals surface area contributed by atoms with Crippen LogP contribution in [0.3, 0.4) is 0 Å². The van der Waals surface area contributed by atoms with Crippen molar-refractivity contribution in [2.24, 2.45) is 0 Å². The molecule has 0 saturated carbocycles. The largest absolute Gasteiger partial charge is 0.390 e. The van der Waals surface area contributed by atoms with Crippen LogP contribution >= 0.6 is 0 Å². The van der Waals surface area contributed by atoms with Crippen molar-refractivity contribution in [3.63, 3.8) is 0 Å². The number of hydrogen-bond donors (Lipinski definition) is 3. The Morgan fingerprint density at radius 2 is 2.12 bits per heavy atom. The summed E-state index contributed by atoms with van der Waals surface area (Å²) in [6.07, 6.45) is -0.0770. The van der Waals surface area contributed by atoms with Gasteiger partial charge < -0.3 is 20.3 Å². The Kier molecular flexibility index (Phi) is 4.28. The SMILES string of the molecule is CC(C)(C)c1nc(CNC(=O)NC2c3ccccc3CC2O)no1. The molecule has 7 heteroatoms. The van der Waals surface area contributed by atoms with Crippen LogP contribution in [-0.2, 0) is 18.4 Å². The number of nitrogens with zero attached hydrogens (tertiary/aromatic N) is 2. The van der Waals surface area contributed by atoms with Crippen molar-refractivity contribution < 1.29 is 14.4 Å². The maximum absolute atomic E-state index is 12.1. The van der Waals surface area contributed by atoms with Crippen molar-refractivity contribution in [3.8, 4) is 0 Å². The number of amides is 2. The molecule has 24 heavy (non-hydrogen) atoms. The molecule has 0 radical (unpaired) electrons. The summed E-state index contributed by atoms with van der Waals surface area (Å²) in [4.78, 5) is 16.4. The summed E-state index contributed by atoms with van der Waals surface area (Å²) in [5.41, 5.74) is 1.78. The van der Waals surface area contributed by atoms with Crippen molar-refractivity contribution in [3.05, 3.63) is 47.1 Å². The van der Waals surface area contributed by atoms with Gasteiger partial charge in [0, 0.05) is 11.8 Å². The van der Waals surface area contributed by atoms with E-state index in [0.717, 1.165) is 11.1 Å². The molecule has 2 amide bonds. The van der Waals surface area contributed by atoms with Gasteiger partial charge in [-0.15, -0.1) is 0 Å². The summed E-state index contributed by atoms with van der Waals surface area (Å²) in [6.45, 7) is 6.09. The first-order chi connectivity index (χ1) is 11.3. The zero-order chi connectivity index (χ0) is 17.3.